The molecule has 2 N–H and O–H groups in total. The van der Waals surface area contributed by atoms with Crippen LogP contribution >= 0.6 is 0 Å². The first-order valence-corrected chi connectivity index (χ1v) is 6.82. The number of carboxylic acid groups (broad SMARTS) is 1. The van der Waals surface area contributed by atoms with E-state index < -0.39 is 12.1 Å². The molecule has 2 aromatic carbocycles. The second-order valence-corrected chi connectivity index (χ2v) is 5.04. The highest BCUT2D eigenvalue weighted by Crippen LogP contribution is 2.20. The van der Waals surface area contributed by atoms with Crippen LogP contribution in [0.5, 0.6) is 0 Å². The van der Waals surface area contributed by atoms with E-state index >= 15 is 0 Å². The van der Waals surface area contributed by atoms with E-state index in [0.29, 0.717) is 0 Å². The molecule has 0 amide bonds. The molecule has 0 saturated carbocycles. The minimum Gasteiger partial charge on any atom is -0.480 e. The van der Waals surface area contributed by atoms with Gasteiger partial charge in [-0.15, -0.1) is 0 Å². The lowest BCUT2D eigenvalue weighted by Gasteiger charge is -2.26. The number of hydrogen-bond acceptors (Lipinski definition) is 3. The molecule has 21 heavy (non-hydrogen) atoms. The summed E-state index contributed by atoms with van der Waals surface area (Å²) in [5, 5.41) is 19.3. The zero-order valence-corrected chi connectivity index (χ0v) is 11.9. The summed E-state index contributed by atoms with van der Waals surface area (Å²) in [5.41, 5.74) is 2.68. The Morgan fingerprint density at radius 3 is 2.29 bits per heavy atom. The fourth-order valence-corrected chi connectivity index (χ4v) is 2.17. The molecule has 0 aliphatic rings. The Hall–Kier alpha value is -2.33. The average Bonchev–Trinajstić information content (AvgIpc) is 2.48. The molecule has 110 valence electrons. The third kappa shape index (κ3) is 4.33. The Kier molecular flexibility index (Phi) is 4.95. The lowest BCUT2D eigenvalue weighted by molar-refractivity contribution is -0.135. The topological polar surface area (TPSA) is 60.8 Å². The Morgan fingerprint density at radius 2 is 1.71 bits per heavy atom. The van der Waals surface area contributed by atoms with Crippen LogP contribution in [0, 0.1) is 6.92 Å². The fraction of sp³-hybridized carbons (Fsp3) is 0.235. The molecule has 0 radical (unpaired) electrons. The van der Waals surface area contributed by atoms with Crippen LogP contribution in [-0.2, 0) is 4.79 Å². The molecule has 0 aromatic heterocycles. The Labute approximate surface area is 124 Å². The van der Waals surface area contributed by atoms with Crippen molar-refractivity contribution >= 4 is 11.7 Å². The summed E-state index contributed by atoms with van der Waals surface area (Å²) < 4.78 is 0. The molecular formula is C17H19NO3. The molecule has 1 unspecified atom stereocenters. The molecule has 0 fully saturated rings. The van der Waals surface area contributed by atoms with Crippen molar-refractivity contribution in [1.29, 1.82) is 0 Å². The predicted octanol–water partition coefficient (Wildman–Crippen LogP) is 2.62. The van der Waals surface area contributed by atoms with Gasteiger partial charge >= 0.3 is 5.97 Å². The standard InChI is InChI=1S/C17H19NO3/c1-13-7-9-15(10-8-13)18(12-17(20)21)11-16(19)14-5-3-2-4-6-14/h2-10,16,19H,11-12H2,1H3,(H,20,21). The average molecular weight is 285 g/mol. The van der Waals surface area contributed by atoms with Gasteiger partial charge in [0.1, 0.15) is 6.54 Å². The van der Waals surface area contributed by atoms with Crippen LogP contribution in [0.3, 0.4) is 0 Å². The van der Waals surface area contributed by atoms with Crippen LogP contribution in [0.15, 0.2) is 54.6 Å². The van der Waals surface area contributed by atoms with Gasteiger partial charge in [-0.3, -0.25) is 4.79 Å². The maximum atomic E-state index is 11.0. The quantitative estimate of drug-likeness (QED) is 0.856. The van der Waals surface area contributed by atoms with Crippen molar-refractivity contribution in [2.45, 2.75) is 13.0 Å². The first-order valence-electron chi connectivity index (χ1n) is 6.82. The molecular weight excluding hydrogens is 266 g/mol. The SMILES string of the molecule is Cc1ccc(N(CC(=O)O)CC(O)c2ccccc2)cc1. The number of aliphatic carboxylic acids is 1. The minimum absolute atomic E-state index is 0.146. The van der Waals surface area contributed by atoms with E-state index in [2.05, 4.69) is 0 Å². The van der Waals surface area contributed by atoms with Gasteiger partial charge in [0.15, 0.2) is 0 Å². The molecule has 0 bridgehead atoms. The Morgan fingerprint density at radius 1 is 1.10 bits per heavy atom. The monoisotopic (exact) mass is 285 g/mol. The van der Waals surface area contributed by atoms with E-state index in [1.54, 1.807) is 4.90 Å². The number of carboxylic acids is 1. The number of benzene rings is 2. The second-order valence-electron chi connectivity index (χ2n) is 5.04. The first kappa shape index (κ1) is 15.1. The van der Waals surface area contributed by atoms with Gasteiger partial charge in [-0.25, -0.2) is 0 Å². The van der Waals surface area contributed by atoms with Gasteiger partial charge in [0.2, 0.25) is 0 Å². The number of anilines is 1. The summed E-state index contributed by atoms with van der Waals surface area (Å²) in [5.74, 6) is -0.921. The van der Waals surface area contributed by atoms with Crippen molar-refractivity contribution < 1.29 is 15.0 Å². The van der Waals surface area contributed by atoms with Crippen molar-refractivity contribution in [1.82, 2.24) is 0 Å². The summed E-state index contributed by atoms with van der Waals surface area (Å²) in [7, 11) is 0. The molecule has 2 aromatic rings. The molecule has 0 aliphatic carbocycles. The predicted molar refractivity (Wildman–Crippen MR) is 82.4 cm³/mol. The molecule has 0 heterocycles. The van der Waals surface area contributed by atoms with Crippen LogP contribution in [0.25, 0.3) is 0 Å². The van der Waals surface area contributed by atoms with Crippen LogP contribution in [0.2, 0.25) is 0 Å². The van der Waals surface area contributed by atoms with E-state index in [4.69, 9.17) is 5.11 Å². The number of aryl methyl sites for hydroxylation is 1. The first-order chi connectivity index (χ1) is 10.1. The fourth-order valence-electron chi connectivity index (χ4n) is 2.17. The summed E-state index contributed by atoms with van der Waals surface area (Å²) in [6.07, 6.45) is -0.730. The van der Waals surface area contributed by atoms with Gasteiger partial charge in [0.25, 0.3) is 0 Å². The number of aliphatic hydroxyl groups excluding tert-OH is 1. The normalized spacial score (nSPS) is 11.9. The highest BCUT2D eigenvalue weighted by molar-refractivity contribution is 5.73. The molecule has 2 rings (SSSR count). The maximum Gasteiger partial charge on any atom is 0.323 e. The third-order valence-corrected chi connectivity index (χ3v) is 3.30. The summed E-state index contributed by atoms with van der Waals surface area (Å²) in [4.78, 5) is 12.7. The van der Waals surface area contributed by atoms with Crippen molar-refractivity contribution in [2.24, 2.45) is 0 Å². The van der Waals surface area contributed by atoms with Crippen LogP contribution in [0.1, 0.15) is 17.2 Å². The van der Waals surface area contributed by atoms with Crippen LogP contribution in [0.4, 0.5) is 5.69 Å². The number of hydrogen-bond donors (Lipinski definition) is 2. The Balaban J connectivity index is 2.16. The zero-order chi connectivity index (χ0) is 15.2. The van der Waals surface area contributed by atoms with Gasteiger partial charge in [-0.2, -0.15) is 0 Å². The number of carbonyl (C=O) groups is 1. The highest BCUT2D eigenvalue weighted by atomic mass is 16.4. The highest BCUT2D eigenvalue weighted by Gasteiger charge is 2.16. The lowest BCUT2D eigenvalue weighted by atomic mass is 10.1. The molecule has 4 nitrogen and oxygen atoms in total. The van der Waals surface area contributed by atoms with Gasteiger partial charge in [-0.05, 0) is 24.6 Å². The van der Waals surface area contributed by atoms with Gasteiger partial charge in [0.05, 0.1) is 6.10 Å². The molecule has 0 saturated heterocycles. The summed E-state index contributed by atoms with van der Waals surface area (Å²) in [6.45, 7) is 2.07. The number of nitrogens with zero attached hydrogens (tertiary/aromatic N) is 1. The smallest absolute Gasteiger partial charge is 0.323 e. The van der Waals surface area contributed by atoms with Crippen LogP contribution < -0.4 is 4.90 Å². The van der Waals surface area contributed by atoms with E-state index in [0.717, 1.165) is 16.8 Å². The molecule has 0 spiro atoms. The largest absolute Gasteiger partial charge is 0.480 e. The van der Waals surface area contributed by atoms with Crippen molar-refractivity contribution in [3.63, 3.8) is 0 Å². The van der Waals surface area contributed by atoms with E-state index in [-0.39, 0.29) is 13.1 Å². The van der Waals surface area contributed by atoms with Crippen molar-refractivity contribution in [3.05, 3.63) is 65.7 Å². The lowest BCUT2D eigenvalue weighted by Crippen LogP contribution is -2.33. The van der Waals surface area contributed by atoms with Gasteiger partial charge in [0, 0.05) is 12.2 Å². The van der Waals surface area contributed by atoms with E-state index in [1.807, 2.05) is 61.5 Å². The van der Waals surface area contributed by atoms with Crippen molar-refractivity contribution in [2.75, 3.05) is 18.0 Å². The second kappa shape index (κ2) is 6.90. The Bertz CT molecular complexity index is 581. The third-order valence-electron chi connectivity index (χ3n) is 3.30. The minimum atomic E-state index is -0.921. The summed E-state index contributed by atoms with van der Waals surface area (Å²) >= 11 is 0. The van der Waals surface area contributed by atoms with E-state index in [9.17, 15) is 9.90 Å². The van der Waals surface area contributed by atoms with Crippen LogP contribution in [-0.4, -0.2) is 29.3 Å². The van der Waals surface area contributed by atoms with Gasteiger partial charge < -0.3 is 15.1 Å². The molecule has 4 heteroatoms. The number of aliphatic hydroxyl groups is 1. The summed E-state index contributed by atoms with van der Waals surface area (Å²) in [6, 6.07) is 16.9. The van der Waals surface area contributed by atoms with Crippen molar-refractivity contribution in [3.8, 4) is 0 Å². The molecule has 0 aliphatic heterocycles. The van der Waals surface area contributed by atoms with Gasteiger partial charge in [-0.1, -0.05) is 48.0 Å². The molecule has 1 atom stereocenters. The maximum absolute atomic E-state index is 11.0. The number of rotatable bonds is 6. The zero-order valence-electron chi connectivity index (χ0n) is 11.9. The van der Waals surface area contributed by atoms with E-state index in [1.165, 1.54) is 0 Å².